The maximum Gasteiger partial charge on any atom is 0.326 e. The van der Waals surface area contributed by atoms with Crippen molar-refractivity contribution < 1.29 is 23.9 Å². The van der Waals surface area contributed by atoms with Gasteiger partial charge in [-0.2, -0.15) is 0 Å². The summed E-state index contributed by atoms with van der Waals surface area (Å²) in [5, 5.41) is 2.08. The Morgan fingerprint density at radius 2 is 1.48 bits per heavy atom. The summed E-state index contributed by atoms with van der Waals surface area (Å²) in [7, 11) is 0. The number of ether oxygens (including phenoxy) is 1. The number of amides is 3. The molecule has 7 nitrogen and oxygen atoms in total. The first-order valence-electron chi connectivity index (χ1n) is 8.46. The van der Waals surface area contributed by atoms with E-state index >= 15 is 0 Å². The second-order valence-electron chi connectivity index (χ2n) is 6.38. The van der Waals surface area contributed by atoms with Crippen LogP contribution >= 0.6 is 58.0 Å². The minimum Gasteiger partial charge on any atom is -0.454 e. The van der Waals surface area contributed by atoms with E-state index in [9.17, 15) is 19.2 Å². The number of rotatable bonds is 5. The number of anilines is 1. The Morgan fingerprint density at radius 1 is 0.935 bits per heavy atom. The average Bonchev–Trinajstić information content (AvgIpc) is 2.96. The Kier molecular flexibility index (Phi) is 7.03. The zero-order valence-corrected chi connectivity index (χ0v) is 19.3. The molecular formula is C19H11Cl5N2O5. The lowest BCUT2D eigenvalue weighted by molar-refractivity contribution is -0.147. The molecule has 0 fully saturated rings. The van der Waals surface area contributed by atoms with Crippen molar-refractivity contribution in [3.05, 3.63) is 60.0 Å². The number of nitrogens with zero attached hydrogens (tertiary/aromatic N) is 1. The third-order valence-electron chi connectivity index (χ3n) is 4.29. The average molecular weight is 525 g/mol. The van der Waals surface area contributed by atoms with E-state index in [1.807, 2.05) is 0 Å². The monoisotopic (exact) mass is 522 g/mol. The standard InChI is InChI=1S/C19H11Cl5N2O5/c1-7-2-3-8(4-9(7)20)25-10(27)6-31-11(28)5-26-18(29)12-13(19(26)30)15(22)17(24)16(23)14(12)21/h2-4H,5-6H2,1H3,(H,25,27). The third kappa shape index (κ3) is 4.61. The number of halogens is 5. The molecule has 3 amide bonds. The summed E-state index contributed by atoms with van der Waals surface area (Å²) in [6.45, 7) is 0.391. The van der Waals surface area contributed by atoms with Gasteiger partial charge in [0.1, 0.15) is 6.54 Å². The van der Waals surface area contributed by atoms with Gasteiger partial charge in [0, 0.05) is 10.7 Å². The predicted octanol–water partition coefficient (Wildman–Crippen LogP) is 5.04. The van der Waals surface area contributed by atoms with Gasteiger partial charge in [-0.15, -0.1) is 0 Å². The van der Waals surface area contributed by atoms with Gasteiger partial charge in [0.25, 0.3) is 17.7 Å². The van der Waals surface area contributed by atoms with E-state index < -0.39 is 36.8 Å². The molecule has 0 atom stereocenters. The zero-order valence-electron chi connectivity index (χ0n) is 15.5. The number of esters is 1. The number of carbonyl (C=O) groups is 4. The van der Waals surface area contributed by atoms with Crippen LogP contribution in [0.1, 0.15) is 26.3 Å². The van der Waals surface area contributed by atoms with Gasteiger partial charge in [0.05, 0.1) is 31.2 Å². The summed E-state index contributed by atoms with van der Waals surface area (Å²) in [5.74, 6) is -3.42. The lowest BCUT2D eigenvalue weighted by atomic mass is 10.1. The molecule has 31 heavy (non-hydrogen) atoms. The van der Waals surface area contributed by atoms with Crippen molar-refractivity contribution in [3.8, 4) is 0 Å². The Balaban J connectivity index is 1.64. The summed E-state index contributed by atoms with van der Waals surface area (Å²) in [5.41, 5.74) is 0.727. The van der Waals surface area contributed by atoms with Crippen molar-refractivity contribution >= 4 is 87.4 Å². The molecule has 1 heterocycles. The molecule has 12 heteroatoms. The van der Waals surface area contributed by atoms with Crippen molar-refractivity contribution in [2.75, 3.05) is 18.5 Å². The second-order valence-corrected chi connectivity index (χ2v) is 8.29. The van der Waals surface area contributed by atoms with Crippen LogP contribution in [0.2, 0.25) is 25.1 Å². The van der Waals surface area contributed by atoms with Gasteiger partial charge in [-0.3, -0.25) is 24.1 Å². The van der Waals surface area contributed by atoms with E-state index in [0.29, 0.717) is 15.6 Å². The van der Waals surface area contributed by atoms with Crippen LogP contribution in [0, 0.1) is 6.92 Å². The highest BCUT2D eigenvalue weighted by Gasteiger charge is 2.42. The fourth-order valence-corrected chi connectivity index (χ4v) is 3.92. The molecule has 0 unspecified atom stereocenters. The maximum atomic E-state index is 12.6. The van der Waals surface area contributed by atoms with Crippen LogP contribution in [-0.4, -0.2) is 41.7 Å². The van der Waals surface area contributed by atoms with Gasteiger partial charge in [0.15, 0.2) is 6.61 Å². The Hall–Kier alpha value is -2.03. The second kappa shape index (κ2) is 9.22. The highest BCUT2D eigenvalue weighted by Crippen LogP contribution is 2.44. The number of benzene rings is 2. The molecule has 0 aromatic heterocycles. The lowest BCUT2D eigenvalue weighted by Crippen LogP contribution is -2.36. The van der Waals surface area contributed by atoms with Gasteiger partial charge < -0.3 is 10.1 Å². The SMILES string of the molecule is Cc1ccc(NC(=O)COC(=O)CN2C(=O)c3c(Cl)c(Cl)c(Cl)c(Cl)c3C2=O)cc1Cl. The van der Waals surface area contributed by atoms with Crippen LogP contribution in [0.5, 0.6) is 0 Å². The van der Waals surface area contributed by atoms with Crippen molar-refractivity contribution in [3.63, 3.8) is 0 Å². The number of hydrogen-bond donors (Lipinski definition) is 1. The van der Waals surface area contributed by atoms with Crippen LogP contribution in [-0.2, 0) is 14.3 Å². The van der Waals surface area contributed by atoms with Gasteiger partial charge in [-0.1, -0.05) is 64.1 Å². The van der Waals surface area contributed by atoms with Crippen molar-refractivity contribution in [1.29, 1.82) is 0 Å². The van der Waals surface area contributed by atoms with Gasteiger partial charge in [-0.05, 0) is 24.6 Å². The molecule has 0 aliphatic carbocycles. The molecule has 0 spiro atoms. The number of carbonyl (C=O) groups excluding carboxylic acids is 4. The molecule has 1 aliphatic heterocycles. The largest absolute Gasteiger partial charge is 0.454 e. The summed E-state index contributed by atoms with van der Waals surface area (Å²) in [4.78, 5) is 49.8. The number of hydrogen-bond acceptors (Lipinski definition) is 5. The highest BCUT2D eigenvalue weighted by atomic mass is 35.5. The molecule has 0 bridgehead atoms. The summed E-state index contributed by atoms with van der Waals surface area (Å²) in [6, 6.07) is 4.88. The maximum absolute atomic E-state index is 12.6. The molecule has 2 aromatic carbocycles. The summed E-state index contributed by atoms with van der Waals surface area (Å²) >= 11 is 29.9. The van der Waals surface area contributed by atoms with Crippen molar-refractivity contribution in [2.45, 2.75) is 6.92 Å². The zero-order chi connectivity index (χ0) is 23.0. The van der Waals surface area contributed by atoms with E-state index in [-0.39, 0.29) is 31.2 Å². The van der Waals surface area contributed by atoms with Crippen LogP contribution in [0.25, 0.3) is 0 Å². The minimum atomic E-state index is -1.00. The van der Waals surface area contributed by atoms with Crippen LogP contribution in [0.15, 0.2) is 18.2 Å². The van der Waals surface area contributed by atoms with Gasteiger partial charge >= 0.3 is 5.97 Å². The highest BCUT2D eigenvalue weighted by molar-refractivity contribution is 6.55. The lowest BCUT2D eigenvalue weighted by Gasteiger charge is -2.13. The van der Waals surface area contributed by atoms with E-state index in [1.165, 1.54) is 0 Å². The number of imide groups is 1. The Labute approximate surface area is 201 Å². The topological polar surface area (TPSA) is 92.8 Å². The van der Waals surface area contributed by atoms with E-state index in [4.69, 9.17) is 62.7 Å². The third-order valence-corrected chi connectivity index (χ3v) is 6.50. The first-order chi connectivity index (χ1) is 14.5. The van der Waals surface area contributed by atoms with Crippen LogP contribution < -0.4 is 5.32 Å². The van der Waals surface area contributed by atoms with E-state index in [2.05, 4.69) is 5.32 Å². The molecular weight excluding hydrogens is 513 g/mol. The predicted molar refractivity (Wildman–Crippen MR) is 118 cm³/mol. The van der Waals surface area contributed by atoms with Crippen LogP contribution in [0.3, 0.4) is 0 Å². The molecule has 3 rings (SSSR count). The quantitative estimate of drug-likeness (QED) is 0.256. The number of fused-ring (bicyclic) bond motifs is 1. The Morgan fingerprint density at radius 3 is 2.00 bits per heavy atom. The molecule has 1 N–H and O–H groups in total. The molecule has 0 saturated carbocycles. The fourth-order valence-electron chi connectivity index (χ4n) is 2.73. The fraction of sp³-hybridized carbons (Fsp3) is 0.158. The van der Waals surface area contributed by atoms with Crippen molar-refractivity contribution in [1.82, 2.24) is 4.90 Å². The molecule has 0 radical (unpaired) electrons. The first-order valence-corrected chi connectivity index (χ1v) is 10.4. The van der Waals surface area contributed by atoms with E-state index in [1.54, 1.807) is 25.1 Å². The molecule has 162 valence electrons. The molecule has 1 aliphatic rings. The number of nitrogens with one attached hydrogen (secondary N) is 1. The van der Waals surface area contributed by atoms with E-state index in [0.717, 1.165) is 5.56 Å². The van der Waals surface area contributed by atoms with Crippen molar-refractivity contribution in [2.24, 2.45) is 0 Å². The molecule has 0 saturated heterocycles. The summed E-state index contributed by atoms with van der Waals surface area (Å²) < 4.78 is 4.85. The molecule has 2 aromatic rings. The van der Waals surface area contributed by atoms with Crippen LogP contribution in [0.4, 0.5) is 5.69 Å². The van der Waals surface area contributed by atoms with Gasteiger partial charge in [0.2, 0.25) is 0 Å². The normalized spacial score (nSPS) is 12.8. The van der Waals surface area contributed by atoms with Gasteiger partial charge in [-0.25, -0.2) is 0 Å². The minimum absolute atomic E-state index is 0.189. The number of aryl methyl sites for hydroxylation is 1. The Bertz CT molecular complexity index is 1100. The summed E-state index contributed by atoms with van der Waals surface area (Å²) in [6.07, 6.45) is 0. The smallest absolute Gasteiger partial charge is 0.326 e. The first kappa shape index (κ1) is 23.6.